The molecule has 1 aromatic rings. The zero-order valence-corrected chi connectivity index (χ0v) is 10.7. The highest BCUT2D eigenvalue weighted by atomic mass is 16.5. The summed E-state index contributed by atoms with van der Waals surface area (Å²) in [5.74, 6) is 0.0837. The maximum absolute atomic E-state index is 10.7. The van der Waals surface area contributed by atoms with E-state index in [4.69, 9.17) is 4.74 Å². The molecule has 0 heterocycles. The molecule has 0 saturated carbocycles. The summed E-state index contributed by atoms with van der Waals surface area (Å²) in [6.45, 7) is 6.50. The lowest BCUT2D eigenvalue weighted by Gasteiger charge is -2.22. The summed E-state index contributed by atoms with van der Waals surface area (Å²) in [6, 6.07) is 10.3. The van der Waals surface area contributed by atoms with Gasteiger partial charge in [-0.3, -0.25) is 4.79 Å². The van der Waals surface area contributed by atoms with Crippen molar-refractivity contribution in [1.29, 1.82) is 0 Å². The van der Waals surface area contributed by atoms with Crippen molar-refractivity contribution >= 4 is 11.5 Å². The highest BCUT2D eigenvalue weighted by molar-refractivity contribution is 5.76. The van der Waals surface area contributed by atoms with Crippen LogP contribution in [-0.2, 0) is 9.53 Å². The molecular formula is C14H21NO2. The molecule has 0 aromatic heterocycles. The average molecular weight is 235 g/mol. The lowest BCUT2D eigenvalue weighted by atomic mass is 10.2. The minimum Gasteiger partial charge on any atom is -0.374 e. The predicted molar refractivity (Wildman–Crippen MR) is 70.4 cm³/mol. The number of rotatable bonds is 8. The number of para-hydroxylation sites is 1. The van der Waals surface area contributed by atoms with Gasteiger partial charge in [0.1, 0.15) is 6.61 Å². The number of carbonyl (C=O) groups excluding carboxylic acids is 1. The Morgan fingerprint density at radius 3 is 2.59 bits per heavy atom. The average Bonchev–Trinajstić information content (AvgIpc) is 2.34. The second-order valence-electron chi connectivity index (χ2n) is 4.02. The van der Waals surface area contributed by atoms with Gasteiger partial charge in [0.15, 0.2) is 5.78 Å². The molecule has 0 amide bonds. The third-order valence-electron chi connectivity index (χ3n) is 2.53. The van der Waals surface area contributed by atoms with E-state index in [1.165, 1.54) is 5.69 Å². The highest BCUT2D eigenvalue weighted by Gasteiger charge is 2.02. The SMILES string of the molecule is CCN(CCCOCC(C)=O)c1ccccc1. The fourth-order valence-electron chi connectivity index (χ4n) is 1.68. The van der Waals surface area contributed by atoms with Gasteiger partial charge < -0.3 is 9.64 Å². The van der Waals surface area contributed by atoms with Gasteiger partial charge in [0.25, 0.3) is 0 Å². The fraction of sp³-hybridized carbons (Fsp3) is 0.500. The maximum atomic E-state index is 10.7. The van der Waals surface area contributed by atoms with Crippen molar-refractivity contribution in [3.05, 3.63) is 30.3 Å². The van der Waals surface area contributed by atoms with Crippen LogP contribution in [0.3, 0.4) is 0 Å². The minimum atomic E-state index is 0.0837. The van der Waals surface area contributed by atoms with Crippen LogP contribution in [0.5, 0.6) is 0 Å². The topological polar surface area (TPSA) is 29.5 Å². The minimum absolute atomic E-state index is 0.0837. The lowest BCUT2D eigenvalue weighted by Crippen LogP contribution is -2.25. The van der Waals surface area contributed by atoms with E-state index < -0.39 is 0 Å². The normalized spacial score (nSPS) is 10.2. The number of Topliss-reactive ketones (excluding diaryl/α,β-unsaturated/α-hetero) is 1. The molecule has 0 N–H and O–H groups in total. The first-order valence-electron chi connectivity index (χ1n) is 6.11. The first-order chi connectivity index (χ1) is 8.24. The Balaban J connectivity index is 2.26. The Hall–Kier alpha value is -1.35. The largest absolute Gasteiger partial charge is 0.374 e. The summed E-state index contributed by atoms with van der Waals surface area (Å²) in [5, 5.41) is 0. The number of hydrogen-bond donors (Lipinski definition) is 0. The lowest BCUT2D eigenvalue weighted by molar-refractivity contribution is -0.121. The summed E-state index contributed by atoms with van der Waals surface area (Å²) in [5.41, 5.74) is 1.24. The first kappa shape index (κ1) is 13.7. The zero-order valence-electron chi connectivity index (χ0n) is 10.7. The third-order valence-corrected chi connectivity index (χ3v) is 2.53. The Kier molecular flexibility index (Phi) is 6.33. The van der Waals surface area contributed by atoms with E-state index in [2.05, 4.69) is 24.0 Å². The van der Waals surface area contributed by atoms with Crippen LogP contribution in [-0.4, -0.2) is 32.1 Å². The summed E-state index contributed by atoms with van der Waals surface area (Å²) in [7, 11) is 0. The van der Waals surface area contributed by atoms with Gasteiger partial charge in [-0.15, -0.1) is 0 Å². The maximum Gasteiger partial charge on any atom is 0.155 e. The van der Waals surface area contributed by atoms with Gasteiger partial charge in [-0.2, -0.15) is 0 Å². The fourth-order valence-corrected chi connectivity index (χ4v) is 1.68. The Morgan fingerprint density at radius 1 is 1.29 bits per heavy atom. The Labute approximate surface area is 103 Å². The van der Waals surface area contributed by atoms with Gasteiger partial charge in [-0.25, -0.2) is 0 Å². The van der Waals surface area contributed by atoms with E-state index in [1.807, 2.05) is 18.2 Å². The van der Waals surface area contributed by atoms with Crippen molar-refractivity contribution in [3.63, 3.8) is 0 Å². The number of hydrogen-bond acceptors (Lipinski definition) is 3. The molecule has 0 aliphatic carbocycles. The van der Waals surface area contributed by atoms with Crippen LogP contribution in [0.1, 0.15) is 20.3 Å². The van der Waals surface area contributed by atoms with E-state index in [1.54, 1.807) is 6.92 Å². The van der Waals surface area contributed by atoms with Crippen molar-refractivity contribution in [1.82, 2.24) is 0 Å². The van der Waals surface area contributed by atoms with Gasteiger partial charge >= 0.3 is 0 Å². The number of ether oxygens (including phenoxy) is 1. The Bertz CT molecular complexity index is 324. The second kappa shape index (κ2) is 7.85. The van der Waals surface area contributed by atoms with Crippen molar-refractivity contribution in [2.75, 3.05) is 31.2 Å². The van der Waals surface area contributed by atoms with Crippen LogP contribution in [0, 0.1) is 0 Å². The molecule has 3 heteroatoms. The van der Waals surface area contributed by atoms with Crippen LogP contribution >= 0.6 is 0 Å². The van der Waals surface area contributed by atoms with Crippen molar-refractivity contribution in [2.45, 2.75) is 20.3 Å². The quantitative estimate of drug-likeness (QED) is 0.648. The Morgan fingerprint density at radius 2 is 2.00 bits per heavy atom. The van der Waals surface area contributed by atoms with Crippen LogP contribution in [0.4, 0.5) is 5.69 Å². The molecule has 94 valence electrons. The van der Waals surface area contributed by atoms with Crippen LogP contribution < -0.4 is 4.90 Å². The van der Waals surface area contributed by atoms with Gasteiger partial charge in [0, 0.05) is 25.4 Å². The van der Waals surface area contributed by atoms with Gasteiger partial charge in [-0.05, 0) is 32.4 Å². The number of ketones is 1. The molecule has 0 atom stereocenters. The molecule has 0 unspecified atom stereocenters. The first-order valence-corrected chi connectivity index (χ1v) is 6.11. The molecule has 0 spiro atoms. The molecule has 17 heavy (non-hydrogen) atoms. The van der Waals surface area contributed by atoms with E-state index >= 15 is 0 Å². The number of anilines is 1. The number of benzene rings is 1. The van der Waals surface area contributed by atoms with Crippen molar-refractivity contribution in [2.24, 2.45) is 0 Å². The monoisotopic (exact) mass is 235 g/mol. The number of carbonyl (C=O) groups is 1. The molecule has 1 aromatic carbocycles. The summed E-state index contributed by atoms with van der Waals surface area (Å²) in [4.78, 5) is 13.0. The summed E-state index contributed by atoms with van der Waals surface area (Å²) < 4.78 is 5.25. The second-order valence-corrected chi connectivity index (χ2v) is 4.02. The summed E-state index contributed by atoms with van der Waals surface area (Å²) >= 11 is 0. The molecule has 0 aliphatic rings. The zero-order chi connectivity index (χ0) is 12.5. The smallest absolute Gasteiger partial charge is 0.155 e. The third kappa shape index (κ3) is 5.50. The van der Waals surface area contributed by atoms with E-state index in [0.29, 0.717) is 6.61 Å². The van der Waals surface area contributed by atoms with Crippen LogP contribution in [0.15, 0.2) is 30.3 Å². The molecule has 0 bridgehead atoms. The van der Waals surface area contributed by atoms with Gasteiger partial charge in [0.05, 0.1) is 0 Å². The molecule has 3 nitrogen and oxygen atoms in total. The highest BCUT2D eigenvalue weighted by Crippen LogP contribution is 2.12. The van der Waals surface area contributed by atoms with Gasteiger partial charge in [-0.1, -0.05) is 18.2 Å². The van der Waals surface area contributed by atoms with E-state index in [-0.39, 0.29) is 12.4 Å². The molecule has 0 saturated heterocycles. The van der Waals surface area contributed by atoms with E-state index in [9.17, 15) is 4.79 Å². The molecule has 0 radical (unpaired) electrons. The van der Waals surface area contributed by atoms with Crippen LogP contribution in [0.2, 0.25) is 0 Å². The van der Waals surface area contributed by atoms with E-state index in [0.717, 1.165) is 19.5 Å². The standard InChI is InChI=1S/C14H21NO2/c1-3-15(14-8-5-4-6-9-14)10-7-11-17-12-13(2)16/h4-6,8-9H,3,7,10-12H2,1-2H3. The summed E-state index contributed by atoms with van der Waals surface area (Å²) in [6.07, 6.45) is 0.940. The van der Waals surface area contributed by atoms with Gasteiger partial charge in [0.2, 0.25) is 0 Å². The van der Waals surface area contributed by atoms with Crippen molar-refractivity contribution in [3.8, 4) is 0 Å². The molecule has 0 aliphatic heterocycles. The molecular weight excluding hydrogens is 214 g/mol. The number of nitrogens with zero attached hydrogens (tertiary/aromatic N) is 1. The van der Waals surface area contributed by atoms with Crippen LogP contribution in [0.25, 0.3) is 0 Å². The molecule has 0 fully saturated rings. The molecule has 1 rings (SSSR count). The predicted octanol–water partition coefficient (Wildman–Crippen LogP) is 2.51. The van der Waals surface area contributed by atoms with Crippen molar-refractivity contribution < 1.29 is 9.53 Å².